The molecule has 0 aliphatic carbocycles. The molecule has 0 atom stereocenters. The molecule has 0 bridgehead atoms. The molecule has 2 aromatic carbocycles. The molecule has 22 heavy (non-hydrogen) atoms. The van der Waals surface area contributed by atoms with Crippen LogP contribution in [-0.4, -0.2) is 15.1 Å². The van der Waals surface area contributed by atoms with Gasteiger partial charge in [0.1, 0.15) is 11.6 Å². The van der Waals surface area contributed by atoms with Crippen LogP contribution in [0.5, 0.6) is 0 Å². The van der Waals surface area contributed by atoms with Gasteiger partial charge in [0.25, 0.3) is 0 Å². The molecule has 112 valence electrons. The molecular formula is C18H17FN2O. The highest BCUT2D eigenvalue weighted by molar-refractivity contribution is 5.70. The maximum atomic E-state index is 14.4. The molecule has 0 radical (unpaired) electrons. The number of aromatic nitrogens is 2. The standard InChI is InChI=1S/C18H17FN2O/c1-18(2,22)14-6-7-15(16(19)11-14)12-4-3-5-13(10-12)17-20-8-9-21-17/h3-11,22H,1-2H3,(H,20,21). The Hall–Kier alpha value is -2.46. The number of benzene rings is 2. The summed E-state index contributed by atoms with van der Waals surface area (Å²) in [6.07, 6.45) is 3.43. The van der Waals surface area contributed by atoms with Crippen molar-refractivity contribution in [1.82, 2.24) is 9.97 Å². The van der Waals surface area contributed by atoms with Gasteiger partial charge >= 0.3 is 0 Å². The zero-order valence-electron chi connectivity index (χ0n) is 12.5. The molecule has 1 aromatic heterocycles. The first-order valence-electron chi connectivity index (χ1n) is 7.08. The third kappa shape index (κ3) is 2.78. The van der Waals surface area contributed by atoms with Crippen LogP contribution in [-0.2, 0) is 5.60 Å². The Morgan fingerprint density at radius 2 is 1.86 bits per heavy atom. The molecule has 4 heteroatoms. The zero-order valence-corrected chi connectivity index (χ0v) is 12.5. The molecule has 0 unspecified atom stereocenters. The number of halogens is 1. The maximum Gasteiger partial charge on any atom is 0.137 e. The van der Waals surface area contributed by atoms with Gasteiger partial charge in [0, 0.05) is 23.5 Å². The van der Waals surface area contributed by atoms with Gasteiger partial charge in [0.05, 0.1) is 5.60 Å². The summed E-state index contributed by atoms with van der Waals surface area (Å²) in [5, 5.41) is 9.96. The SMILES string of the molecule is CC(C)(O)c1ccc(-c2cccc(-c3ncc[nH]3)c2)c(F)c1. The van der Waals surface area contributed by atoms with Gasteiger partial charge in [-0.25, -0.2) is 9.37 Å². The second-order valence-electron chi connectivity index (χ2n) is 5.77. The molecule has 0 saturated heterocycles. The molecule has 0 saturated carbocycles. The van der Waals surface area contributed by atoms with Gasteiger partial charge < -0.3 is 10.1 Å². The summed E-state index contributed by atoms with van der Waals surface area (Å²) < 4.78 is 14.4. The molecule has 2 N–H and O–H groups in total. The Morgan fingerprint density at radius 3 is 2.50 bits per heavy atom. The van der Waals surface area contributed by atoms with Crippen molar-refractivity contribution >= 4 is 0 Å². The van der Waals surface area contributed by atoms with Crippen molar-refractivity contribution in [3.63, 3.8) is 0 Å². The fourth-order valence-corrected chi connectivity index (χ4v) is 2.39. The Morgan fingerprint density at radius 1 is 1.09 bits per heavy atom. The van der Waals surface area contributed by atoms with Gasteiger partial charge in [-0.15, -0.1) is 0 Å². The molecule has 1 heterocycles. The first-order chi connectivity index (χ1) is 10.4. The van der Waals surface area contributed by atoms with Crippen LogP contribution in [0.1, 0.15) is 19.4 Å². The summed E-state index contributed by atoms with van der Waals surface area (Å²) in [5.41, 5.74) is 1.66. The third-order valence-corrected chi connectivity index (χ3v) is 3.62. The summed E-state index contributed by atoms with van der Waals surface area (Å²) in [6, 6.07) is 12.4. The van der Waals surface area contributed by atoms with Crippen molar-refractivity contribution < 1.29 is 9.50 Å². The van der Waals surface area contributed by atoms with Gasteiger partial charge in [-0.05, 0) is 37.1 Å². The fourth-order valence-electron chi connectivity index (χ4n) is 2.39. The van der Waals surface area contributed by atoms with E-state index in [0.717, 1.165) is 17.0 Å². The van der Waals surface area contributed by atoms with E-state index in [0.29, 0.717) is 11.1 Å². The van der Waals surface area contributed by atoms with Gasteiger partial charge in [0.15, 0.2) is 0 Å². The minimum atomic E-state index is -1.06. The summed E-state index contributed by atoms with van der Waals surface area (Å²) >= 11 is 0. The van der Waals surface area contributed by atoms with E-state index in [1.807, 2.05) is 24.3 Å². The minimum Gasteiger partial charge on any atom is -0.386 e. The van der Waals surface area contributed by atoms with Crippen LogP contribution in [0, 0.1) is 5.82 Å². The van der Waals surface area contributed by atoms with Crippen molar-refractivity contribution in [3.8, 4) is 22.5 Å². The quantitative estimate of drug-likeness (QED) is 0.764. The third-order valence-electron chi connectivity index (χ3n) is 3.62. The van der Waals surface area contributed by atoms with E-state index in [4.69, 9.17) is 0 Å². The summed E-state index contributed by atoms with van der Waals surface area (Å²) in [6.45, 7) is 3.28. The largest absolute Gasteiger partial charge is 0.386 e. The number of hydrogen-bond donors (Lipinski definition) is 2. The van der Waals surface area contributed by atoms with Gasteiger partial charge in [-0.2, -0.15) is 0 Å². The van der Waals surface area contributed by atoms with Gasteiger partial charge in [0.2, 0.25) is 0 Å². The van der Waals surface area contributed by atoms with Crippen LogP contribution in [0.25, 0.3) is 22.5 Å². The molecule has 3 aromatic rings. The lowest BCUT2D eigenvalue weighted by Crippen LogP contribution is -2.15. The minimum absolute atomic E-state index is 0.351. The number of imidazole rings is 1. The molecule has 0 aliphatic rings. The zero-order chi connectivity index (χ0) is 15.7. The van der Waals surface area contributed by atoms with Crippen LogP contribution in [0.4, 0.5) is 4.39 Å². The summed E-state index contributed by atoms with van der Waals surface area (Å²) in [7, 11) is 0. The van der Waals surface area contributed by atoms with Crippen LogP contribution >= 0.6 is 0 Å². The van der Waals surface area contributed by atoms with Crippen LogP contribution in [0.2, 0.25) is 0 Å². The Balaban J connectivity index is 2.03. The molecule has 3 nitrogen and oxygen atoms in total. The Labute approximate surface area is 128 Å². The van der Waals surface area contributed by atoms with Crippen LogP contribution in [0.3, 0.4) is 0 Å². The molecule has 3 rings (SSSR count). The van der Waals surface area contributed by atoms with Crippen molar-refractivity contribution in [2.45, 2.75) is 19.4 Å². The maximum absolute atomic E-state index is 14.4. The average Bonchev–Trinajstić information content (AvgIpc) is 3.00. The highest BCUT2D eigenvalue weighted by Gasteiger charge is 2.18. The normalized spacial score (nSPS) is 11.6. The number of H-pyrrole nitrogens is 1. The highest BCUT2D eigenvalue weighted by atomic mass is 19.1. The number of nitrogens with one attached hydrogen (secondary N) is 1. The summed E-state index contributed by atoms with van der Waals surface area (Å²) in [5.74, 6) is 0.395. The molecule has 0 fully saturated rings. The predicted molar refractivity (Wildman–Crippen MR) is 84.7 cm³/mol. The van der Waals surface area contributed by atoms with Gasteiger partial charge in [-0.1, -0.05) is 30.3 Å². The molecule has 0 spiro atoms. The lowest BCUT2D eigenvalue weighted by atomic mass is 9.94. The second-order valence-corrected chi connectivity index (χ2v) is 5.77. The lowest BCUT2D eigenvalue weighted by Gasteiger charge is -2.18. The predicted octanol–water partition coefficient (Wildman–Crippen LogP) is 4.11. The fraction of sp³-hybridized carbons (Fsp3) is 0.167. The number of aromatic amines is 1. The first-order valence-corrected chi connectivity index (χ1v) is 7.08. The van der Waals surface area contributed by atoms with E-state index >= 15 is 0 Å². The summed E-state index contributed by atoms with van der Waals surface area (Å²) in [4.78, 5) is 7.25. The van der Waals surface area contributed by atoms with E-state index in [-0.39, 0.29) is 5.82 Å². The number of nitrogens with zero attached hydrogens (tertiary/aromatic N) is 1. The van der Waals surface area contributed by atoms with Crippen molar-refractivity contribution in [1.29, 1.82) is 0 Å². The topological polar surface area (TPSA) is 48.9 Å². The van der Waals surface area contributed by atoms with Crippen LogP contribution < -0.4 is 0 Å². The van der Waals surface area contributed by atoms with E-state index in [2.05, 4.69) is 9.97 Å². The molecule has 0 amide bonds. The van der Waals surface area contributed by atoms with Crippen molar-refractivity contribution in [2.75, 3.05) is 0 Å². The first kappa shape index (κ1) is 14.5. The Bertz CT molecular complexity index is 789. The van der Waals surface area contributed by atoms with E-state index in [1.54, 1.807) is 38.4 Å². The number of hydrogen-bond acceptors (Lipinski definition) is 2. The monoisotopic (exact) mass is 296 g/mol. The molecule has 0 aliphatic heterocycles. The highest BCUT2D eigenvalue weighted by Crippen LogP contribution is 2.29. The number of aliphatic hydroxyl groups is 1. The van der Waals surface area contributed by atoms with Gasteiger partial charge in [-0.3, -0.25) is 0 Å². The van der Waals surface area contributed by atoms with E-state index < -0.39 is 5.60 Å². The average molecular weight is 296 g/mol. The van der Waals surface area contributed by atoms with Crippen molar-refractivity contribution in [3.05, 3.63) is 66.2 Å². The van der Waals surface area contributed by atoms with E-state index in [9.17, 15) is 9.50 Å². The molecular weight excluding hydrogens is 279 g/mol. The van der Waals surface area contributed by atoms with Crippen molar-refractivity contribution in [2.24, 2.45) is 0 Å². The second kappa shape index (κ2) is 5.39. The van der Waals surface area contributed by atoms with Crippen LogP contribution in [0.15, 0.2) is 54.9 Å². The lowest BCUT2D eigenvalue weighted by molar-refractivity contribution is 0.0782. The smallest absolute Gasteiger partial charge is 0.137 e. The number of rotatable bonds is 3. The Kier molecular flexibility index (Phi) is 3.54. The van der Waals surface area contributed by atoms with E-state index in [1.165, 1.54) is 6.07 Å².